The first kappa shape index (κ1) is 22.2. The second-order valence-electron chi connectivity index (χ2n) is 7.71. The monoisotopic (exact) mass is 439 g/mol. The van der Waals surface area contributed by atoms with Crippen LogP contribution in [0, 0.1) is 11.6 Å². The minimum Gasteiger partial charge on any atom is -0.352 e. The molecule has 1 amide bonds. The van der Waals surface area contributed by atoms with Crippen LogP contribution in [-0.2, 0) is 17.8 Å². The van der Waals surface area contributed by atoms with Gasteiger partial charge in [0.15, 0.2) is 0 Å². The van der Waals surface area contributed by atoms with E-state index in [9.17, 15) is 13.6 Å². The van der Waals surface area contributed by atoms with E-state index >= 15 is 0 Å². The van der Waals surface area contributed by atoms with Gasteiger partial charge in [-0.3, -0.25) is 4.79 Å². The zero-order valence-corrected chi connectivity index (χ0v) is 18.0. The molecule has 0 heterocycles. The Balaban J connectivity index is 1.52. The molecule has 4 rings (SSSR count). The lowest BCUT2D eigenvalue weighted by Gasteiger charge is -2.13. The smallest absolute Gasteiger partial charge is 0.224 e. The first-order chi connectivity index (χ1) is 16.1. The van der Waals surface area contributed by atoms with Gasteiger partial charge in [-0.25, -0.2) is 8.78 Å². The van der Waals surface area contributed by atoms with E-state index in [1.807, 2.05) is 60.7 Å². The average Bonchev–Trinajstić information content (AvgIpc) is 2.84. The zero-order valence-electron chi connectivity index (χ0n) is 18.0. The molecule has 0 aromatic heterocycles. The average molecular weight is 440 g/mol. The fourth-order valence-electron chi connectivity index (χ4n) is 3.63. The van der Waals surface area contributed by atoms with Gasteiger partial charge in [-0.15, -0.1) is 0 Å². The summed E-state index contributed by atoms with van der Waals surface area (Å²) in [6, 6.07) is 28.3. The van der Waals surface area contributed by atoms with E-state index in [0.29, 0.717) is 6.54 Å². The second kappa shape index (κ2) is 10.5. The van der Waals surface area contributed by atoms with Crippen molar-refractivity contribution < 1.29 is 13.6 Å². The highest BCUT2D eigenvalue weighted by atomic mass is 19.1. The number of carbonyl (C=O) groups excluding carboxylic acids is 1. The summed E-state index contributed by atoms with van der Waals surface area (Å²) < 4.78 is 26.3. The largest absolute Gasteiger partial charge is 0.352 e. The van der Waals surface area contributed by atoms with Crippen molar-refractivity contribution in [2.75, 3.05) is 0 Å². The van der Waals surface area contributed by atoms with Crippen molar-refractivity contribution in [1.82, 2.24) is 5.32 Å². The zero-order chi connectivity index (χ0) is 23.0. The SMILES string of the molecule is O=C(Cc1ccc(F)cc1)NCc1ccccc1-c1ccccc1/C=C/c1ccc(F)cc1. The molecule has 0 saturated carbocycles. The molecule has 0 aliphatic carbocycles. The second-order valence-corrected chi connectivity index (χ2v) is 7.71. The maximum Gasteiger partial charge on any atom is 0.224 e. The number of amides is 1. The Kier molecular flexibility index (Phi) is 7.06. The van der Waals surface area contributed by atoms with E-state index in [0.717, 1.165) is 33.4 Å². The van der Waals surface area contributed by atoms with Gasteiger partial charge in [0.25, 0.3) is 0 Å². The summed E-state index contributed by atoms with van der Waals surface area (Å²) in [5.41, 5.74) is 5.75. The molecule has 33 heavy (non-hydrogen) atoms. The summed E-state index contributed by atoms with van der Waals surface area (Å²) in [5, 5.41) is 2.97. The van der Waals surface area contributed by atoms with E-state index in [1.165, 1.54) is 24.3 Å². The lowest BCUT2D eigenvalue weighted by Crippen LogP contribution is -2.24. The van der Waals surface area contributed by atoms with Crippen molar-refractivity contribution in [3.8, 4) is 11.1 Å². The van der Waals surface area contributed by atoms with Crippen LogP contribution in [0.4, 0.5) is 8.78 Å². The quantitative estimate of drug-likeness (QED) is 0.321. The van der Waals surface area contributed by atoms with Crippen molar-refractivity contribution in [1.29, 1.82) is 0 Å². The third-order valence-electron chi connectivity index (χ3n) is 5.35. The molecule has 0 saturated heterocycles. The van der Waals surface area contributed by atoms with Crippen LogP contribution in [0.1, 0.15) is 22.3 Å². The van der Waals surface area contributed by atoms with Crippen LogP contribution >= 0.6 is 0 Å². The van der Waals surface area contributed by atoms with E-state index < -0.39 is 0 Å². The summed E-state index contributed by atoms with van der Waals surface area (Å²) in [6.45, 7) is 0.381. The number of carbonyl (C=O) groups is 1. The lowest BCUT2D eigenvalue weighted by molar-refractivity contribution is -0.120. The number of hydrogen-bond acceptors (Lipinski definition) is 1. The van der Waals surface area contributed by atoms with Crippen LogP contribution in [-0.4, -0.2) is 5.91 Å². The molecule has 1 N–H and O–H groups in total. The third kappa shape index (κ3) is 6.01. The molecule has 0 atom stereocenters. The summed E-state index contributed by atoms with van der Waals surface area (Å²) in [4.78, 5) is 12.4. The highest BCUT2D eigenvalue weighted by Crippen LogP contribution is 2.28. The van der Waals surface area contributed by atoms with Crippen molar-refractivity contribution in [2.24, 2.45) is 0 Å². The Hall–Kier alpha value is -4.05. The fraction of sp³-hybridized carbons (Fsp3) is 0.0690. The van der Waals surface area contributed by atoms with Gasteiger partial charge in [0.1, 0.15) is 11.6 Å². The van der Waals surface area contributed by atoms with Crippen LogP contribution in [0.3, 0.4) is 0 Å². The Labute approximate surface area is 192 Å². The number of rotatable bonds is 7. The minimum atomic E-state index is -0.319. The van der Waals surface area contributed by atoms with Crippen LogP contribution in [0.25, 0.3) is 23.3 Å². The van der Waals surface area contributed by atoms with Gasteiger partial charge >= 0.3 is 0 Å². The van der Waals surface area contributed by atoms with Crippen LogP contribution in [0.2, 0.25) is 0 Å². The molecule has 0 unspecified atom stereocenters. The number of nitrogens with one attached hydrogen (secondary N) is 1. The molecule has 164 valence electrons. The van der Waals surface area contributed by atoms with E-state index in [-0.39, 0.29) is 24.0 Å². The maximum absolute atomic E-state index is 13.2. The van der Waals surface area contributed by atoms with Gasteiger partial charge < -0.3 is 5.32 Å². The molecular weight excluding hydrogens is 416 g/mol. The molecule has 4 heteroatoms. The highest BCUT2D eigenvalue weighted by molar-refractivity contribution is 5.83. The first-order valence-electron chi connectivity index (χ1n) is 10.7. The van der Waals surface area contributed by atoms with Crippen molar-refractivity contribution in [3.63, 3.8) is 0 Å². The molecule has 2 nitrogen and oxygen atoms in total. The number of halogens is 2. The van der Waals surface area contributed by atoms with Crippen molar-refractivity contribution in [2.45, 2.75) is 13.0 Å². The topological polar surface area (TPSA) is 29.1 Å². The van der Waals surface area contributed by atoms with E-state index in [4.69, 9.17) is 0 Å². The summed E-state index contributed by atoms with van der Waals surface area (Å²) in [6.07, 6.45) is 4.15. The lowest BCUT2D eigenvalue weighted by atomic mass is 9.94. The van der Waals surface area contributed by atoms with Crippen LogP contribution in [0.15, 0.2) is 97.1 Å². The summed E-state index contributed by atoms with van der Waals surface area (Å²) in [7, 11) is 0. The Morgan fingerprint density at radius 1 is 0.697 bits per heavy atom. The Bertz CT molecular complexity index is 1260. The number of hydrogen-bond donors (Lipinski definition) is 1. The summed E-state index contributed by atoms with van der Waals surface area (Å²) >= 11 is 0. The van der Waals surface area contributed by atoms with E-state index in [2.05, 4.69) is 5.32 Å². The molecule has 0 aliphatic rings. The molecule has 0 radical (unpaired) electrons. The van der Waals surface area contributed by atoms with Gasteiger partial charge in [0.2, 0.25) is 5.91 Å². The minimum absolute atomic E-state index is 0.124. The van der Waals surface area contributed by atoms with Gasteiger partial charge in [0, 0.05) is 6.54 Å². The van der Waals surface area contributed by atoms with Gasteiger partial charge in [-0.1, -0.05) is 84.9 Å². The fourth-order valence-corrected chi connectivity index (χ4v) is 3.63. The Morgan fingerprint density at radius 3 is 2.03 bits per heavy atom. The normalized spacial score (nSPS) is 11.0. The molecule has 4 aromatic carbocycles. The molecule has 0 bridgehead atoms. The van der Waals surface area contributed by atoms with Gasteiger partial charge in [-0.2, -0.15) is 0 Å². The third-order valence-corrected chi connectivity index (χ3v) is 5.35. The first-order valence-corrected chi connectivity index (χ1v) is 10.7. The van der Waals surface area contributed by atoms with Gasteiger partial charge in [0.05, 0.1) is 6.42 Å². The molecule has 0 fully saturated rings. The highest BCUT2D eigenvalue weighted by Gasteiger charge is 2.10. The molecule has 0 spiro atoms. The Morgan fingerprint density at radius 2 is 1.30 bits per heavy atom. The molecular formula is C29H23F2NO. The van der Waals surface area contributed by atoms with Gasteiger partial charge in [-0.05, 0) is 57.6 Å². The standard InChI is InChI=1S/C29H23F2NO/c30-25-15-10-21(11-16-25)9-14-23-5-1-3-7-27(23)28-8-4-2-6-24(28)20-32-29(33)19-22-12-17-26(31)18-13-22/h1-18H,19-20H2,(H,32,33)/b14-9+. The molecule has 0 aliphatic heterocycles. The van der Waals surface area contributed by atoms with Crippen molar-refractivity contribution in [3.05, 3.63) is 131 Å². The predicted molar refractivity (Wildman–Crippen MR) is 129 cm³/mol. The predicted octanol–water partition coefficient (Wildman–Crippen LogP) is 6.66. The maximum atomic E-state index is 13.2. The summed E-state index contributed by atoms with van der Waals surface area (Å²) in [5.74, 6) is -0.705. The van der Waals surface area contributed by atoms with Crippen LogP contribution in [0.5, 0.6) is 0 Å². The molecule has 4 aromatic rings. The number of benzene rings is 4. The van der Waals surface area contributed by atoms with Crippen LogP contribution < -0.4 is 5.32 Å². The van der Waals surface area contributed by atoms with E-state index in [1.54, 1.807) is 24.3 Å². The van der Waals surface area contributed by atoms with Crippen molar-refractivity contribution >= 4 is 18.1 Å².